The van der Waals surface area contributed by atoms with Crippen molar-refractivity contribution in [3.8, 4) is 0 Å². The van der Waals surface area contributed by atoms with Crippen LogP contribution in [0.25, 0.3) is 0 Å². The number of carbonyl (C=O) groups is 1. The molecule has 4 rings (SSSR count). The molecule has 0 unspecified atom stereocenters. The highest BCUT2D eigenvalue weighted by atomic mass is 32.1. The maximum atomic E-state index is 12.8. The van der Waals surface area contributed by atoms with Gasteiger partial charge in [0.2, 0.25) is 5.91 Å². The maximum Gasteiger partial charge on any atom is 0.236 e. The predicted molar refractivity (Wildman–Crippen MR) is 110 cm³/mol. The van der Waals surface area contributed by atoms with Crippen LogP contribution in [0.1, 0.15) is 48.4 Å². The maximum absolute atomic E-state index is 12.8. The lowest BCUT2D eigenvalue weighted by molar-refractivity contribution is -0.134. The van der Waals surface area contributed by atoms with Gasteiger partial charge in [-0.05, 0) is 51.3 Å². The number of thiazole rings is 1. The average molecular weight is 384 g/mol. The van der Waals surface area contributed by atoms with Crippen molar-refractivity contribution >= 4 is 17.2 Å². The van der Waals surface area contributed by atoms with Crippen LogP contribution in [0.2, 0.25) is 0 Å². The number of amides is 1. The molecular formula is C22H29N3OS. The van der Waals surface area contributed by atoms with Crippen LogP contribution in [0.4, 0.5) is 0 Å². The Morgan fingerprint density at radius 2 is 1.78 bits per heavy atom. The van der Waals surface area contributed by atoms with Crippen LogP contribution >= 0.6 is 11.3 Å². The van der Waals surface area contributed by atoms with E-state index < -0.39 is 0 Å². The highest BCUT2D eigenvalue weighted by Crippen LogP contribution is 2.42. The van der Waals surface area contributed by atoms with Crippen LogP contribution in [-0.2, 0) is 10.2 Å². The second kappa shape index (κ2) is 8.11. The van der Waals surface area contributed by atoms with E-state index in [-0.39, 0.29) is 5.41 Å². The summed E-state index contributed by atoms with van der Waals surface area (Å²) >= 11 is 1.72. The van der Waals surface area contributed by atoms with Crippen LogP contribution in [0.15, 0.2) is 35.7 Å². The van der Waals surface area contributed by atoms with Crippen LogP contribution in [0, 0.1) is 6.92 Å². The van der Waals surface area contributed by atoms with E-state index in [1.807, 2.05) is 0 Å². The number of nitrogens with zero attached hydrogens (tertiary/aromatic N) is 3. The van der Waals surface area contributed by atoms with Gasteiger partial charge in [0.05, 0.1) is 17.2 Å². The monoisotopic (exact) mass is 383 g/mol. The quantitative estimate of drug-likeness (QED) is 0.805. The zero-order valence-corrected chi connectivity index (χ0v) is 17.0. The van der Waals surface area contributed by atoms with Crippen molar-refractivity contribution in [1.29, 1.82) is 0 Å². The lowest BCUT2D eigenvalue weighted by Gasteiger charge is -2.42. The van der Waals surface area contributed by atoms with E-state index >= 15 is 0 Å². The fourth-order valence-electron chi connectivity index (χ4n) is 4.58. The number of aryl methyl sites for hydroxylation is 1. The van der Waals surface area contributed by atoms with Gasteiger partial charge in [0.25, 0.3) is 0 Å². The van der Waals surface area contributed by atoms with E-state index in [2.05, 4.69) is 52.4 Å². The summed E-state index contributed by atoms with van der Waals surface area (Å²) in [6.45, 7) is 6.45. The van der Waals surface area contributed by atoms with Gasteiger partial charge in [-0.15, -0.1) is 11.3 Å². The summed E-state index contributed by atoms with van der Waals surface area (Å²) in [5.74, 6) is 0.299. The van der Waals surface area contributed by atoms with E-state index in [9.17, 15) is 4.79 Å². The first-order chi connectivity index (χ1) is 13.2. The third kappa shape index (κ3) is 3.94. The summed E-state index contributed by atoms with van der Waals surface area (Å²) in [7, 11) is 0. The molecule has 1 aromatic heterocycles. The molecule has 0 N–H and O–H groups in total. The summed E-state index contributed by atoms with van der Waals surface area (Å²) in [4.78, 5) is 22.1. The van der Waals surface area contributed by atoms with Gasteiger partial charge in [-0.2, -0.15) is 0 Å². The van der Waals surface area contributed by atoms with Crippen molar-refractivity contribution in [2.75, 3.05) is 32.7 Å². The fraction of sp³-hybridized carbons (Fsp3) is 0.545. The Morgan fingerprint density at radius 1 is 1.07 bits per heavy atom. The van der Waals surface area contributed by atoms with E-state index in [0.717, 1.165) is 44.0 Å². The third-order valence-corrected chi connectivity index (χ3v) is 6.99. The van der Waals surface area contributed by atoms with Gasteiger partial charge in [-0.3, -0.25) is 9.69 Å². The largest absolute Gasteiger partial charge is 0.341 e. The number of benzene rings is 1. The summed E-state index contributed by atoms with van der Waals surface area (Å²) in [5.41, 5.74) is 2.45. The van der Waals surface area contributed by atoms with Gasteiger partial charge in [0, 0.05) is 23.9 Å². The Kier molecular flexibility index (Phi) is 5.60. The van der Waals surface area contributed by atoms with Crippen LogP contribution in [0.3, 0.4) is 0 Å². The van der Waals surface area contributed by atoms with Crippen molar-refractivity contribution in [2.24, 2.45) is 0 Å². The summed E-state index contributed by atoms with van der Waals surface area (Å²) in [6.07, 6.45) is 5.67. The number of rotatable bonds is 4. The third-order valence-electron chi connectivity index (χ3n) is 6.21. The number of likely N-dealkylation sites (tertiary alicyclic amines) is 2. The van der Waals surface area contributed by atoms with Crippen LogP contribution in [0.5, 0.6) is 0 Å². The fourth-order valence-corrected chi connectivity index (χ4v) is 5.29. The SMILES string of the molecule is Cc1nc(C2(c3ccccc3)CCN(C(=O)CN3CCCCC3)CC2)cs1. The minimum atomic E-state index is -0.0616. The lowest BCUT2D eigenvalue weighted by Crippen LogP contribution is -2.49. The highest BCUT2D eigenvalue weighted by molar-refractivity contribution is 7.09. The molecule has 0 aliphatic carbocycles. The van der Waals surface area contributed by atoms with Gasteiger partial charge in [-0.1, -0.05) is 36.8 Å². The Morgan fingerprint density at radius 3 is 2.41 bits per heavy atom. The normalized spacial score (nSPS) is 20.6. The molecule has 2 aliphatic heterocycles. The van der Waals surface area contributed by atoms with Crippen molar-refractivity contribution in [2.45, 2.75) is 44.4 Å². The molecule has 1 aromatic carbocycles. The molecule has 2 aliphatic rings. The number of hydrogen-bond donors (Lipinski definition) is 0. The first kappa shape index (κ1) is 18.6. The lowest BCUT2D eigenvalue weighted by atomic mass is 9.70. The van der Waals surface area contributed by atoms with Gasteiger partial charge in [0.15, 0.2) is 0 Å². The Hall–Kier alpha value is -1.72. The first-order valence-electron chi connectivity index (χ1n) is 10.2. The van der Waals surface area contributed by atoms with E-state index in [4.69, 9.17) is 4.98 Å². The standard InChI is InChI=1S/C22H29N3OS/c1-18-23-20(17-27-18)22(19-8-4-2-5-9-19)10-14-25(15-11-22)21(26)16-24-12-6-3-7-13-24/h2,4-5,8-9,17H,3,6-7,10-16H2,1H3. The zero-order chi connectivity index (χ0) is 18.7. The Balaban J connectivity index is 1.49. The van der Waals surface area contributed by atoms with Gasteiger partial charge >= 0.3 is 0 Å². The van der Waals surface area contributed by atoms with E-state index in [1.54, 1.807) is 11.3 Å². The molecular weight excluding hydrogens is 354 g/mol. The van der Waals surface area contributed by atoms with E-state index in [1.165, 1.54) is 30.5 Å². The number of aromatic nitrogens is 1. The van der Waals surface area contributed by atoms with Gasteiger partial charge in [0.1, 0.15) is 0 Å². The van der Waals surface area contributed by atoms with Crippen molar-refractivity contribution in [3.63, 3.8) is 0 Å². The zero-order valence-electron chi connectivity index (χ0n) is 16.2. The molecule has 0 spiro atoms. The molecule has 5 heteroatoms. The summed E-state index contributed by atoms with van der Waals surface area (Å²) in [6, 6.07) is 10.7. The minimum Gasteiger partial charge on any atom is -0.341 e. The summed E-state index contributed by atoms with van der Waals surface area (Å²) in [5, 5.41) is 3.33. The van der Waals surface area contributed by atoms with Crippen molar-refractivity contribution in [3.05, 3.63) is 52.0 Å². The van der Waals surface area contributed by atoms with Crippen molar-refractivity contribution < 1.29 is 4.79 Å². The Labute approximate surface area is 166 Å². The second-order valence-electron chi connectivity index (χ2n) is 7.92. The molecule has 0 saturated carbocycles. The molecule has 3 heterocycles. The number of hydrogen-bond acceptors (Lipinski definition) is 4. The molecule has 0 bridgehead atoms. The molecule has 2 fully saturated rings. The van der Waals surface area contributed by atoms with Gasteiger partial charge < -0.3 is 4.90 Å². The molecule has 0 atom stereocenters. The molecule has 2 aromatic rings. The van der Waals surface area contributed by atoms with Crippen LogP contribution < -0.4 is 0 Å². The molecule has 2 saturated heterocycles. The molecule has 4 nitrogen and oxygen atoms in total. The number of carbonyl (C=O) groups excluding carboxylic acids is 1. The van der Waals surface area contributed by atoms with Gasteiger partial charge in [-0.25, -0.2) is 4.98 Å². The predicted octanol–water partition coefficient (Wildman–Crippen LogP) is 3.85. The summed E-state index contributed by atoms with van der Waals surface area (Å²) < 4.78 is 0. The molecule has 0 radical (unpaired) electrons. The Bertz CT molecular complexity index is 759. The van der Waals surface area contributed by atoms with Crippen LogP contribution in [-0.4, -0.2) is 53.4 Å². The second-order valence-corrected chi connectivity index (χ2v) is 8.98. The smallest absolute Gasteiger partial charge is 0.236 e. The highest BCUT2D eigenvalue weighted by Gasteiger charge is 2.40. The average Bonchev–Trinajstić information content (AvgIpc) is 3.16. The first-order valence-corrected chi connectivity index (χ1v) is 11.0. The topological polar surface area (TPSA) is 36.4 Å². The van der Waals surface area contributed by atoms with E-state index in [0.29, 0.717) is 12.5 Å². The molecule has 144 valence electrons. The molecule has 1 amide bonds. The van der Waals surface area contributed by atoms with Crippen molar-refractivity contribution in [1.82, 2.24) is 14.8 Å². The number of piperidine rings is 2. The minimum absolute atomic E-state index is 0.0616. The molecule has 27 heavy (non-hydrogen) atoms.